The average Bonchev–Trinajstić information content (AvgIpc) is 3.05. The molecule has 0 saturated carbocycles. The summed E-state index contributed by atoms with van der Waals surface area (Å²) in [6.07, 6.45) is 1.78. The maximum absolute atomic E-state index is 14.1. The first-order valence-electron chi connectivity index (χ1n) is 7.79. The molecule has 4 rings (SSSR count). The standard InChI is InChI=1S/C19H13FN4O/c20-15-3-1-2-4-16(15)24-11-22-18-14(9-17(25)23-19(18)24)13-7-5-12(10-21)6-8-13/h1-8,11,14H,9H2,(H,23,25). The highest BCUT2D eigenvalue weighted by Gasteiger charge is 2.31. The van der Waals surface area contributed by atoms with Crippen LogP contribution in [0.3, 0.4) is 0 Å². The Labute approximate surface area is 143 Å². The lowest BCUT2D eigenvalue weighted by atomic mass is 9.89. The number of rotatable bonds is 2. The average molecular weight is 332 g/mol. The second kappa shape index (κ2) is 5.87. The van der Waals surface area contributed by atoms with Gasteiger partial charge in [-0.15, -0.1) is 0 Å². The van der Waals surface area contributed by atoms with Gasteiger partial charge in [-0.05, 0) is 29.8 Å². The molecule has 25 heavy (non-hydrogen) atoms. The van der Waals surface area contributed by atoms with Gasteiger partial charge in [0.2, 0.25) is 5.91 Å². The van der Waals surface area contributed by atoms with Crippen LogP contribution < -0.4 is 5.32 Å². The molecule has 0 saturated heterocycles. The SMILES string of the molecule is N#Cc1ccc(C2CC(=O)Nc3c2ncn3-c2ccccc2F)cc1. The van der Waals surface area contributed by atoms with Crippen molar-refractivity contribution in [3.05, 3.63) is 77.5 Å². The summed E-state index contributed by atoms with van der Waals surface area (Å²) in [5.41, 5.74) is 2.47. The molecule has 1 amide bonds. The number of amides is 1. The molecule has 0 bridgehead atoms. The Morgan fingerprint density at radius 3 is 2.68 bits per heavy atom. The van der Waals surface area contributed by atoms with Crippen molar-refractivity contribution in [3.8, 4) is 11.8 Å². The number of carbonyl (C=O) groups is 1. The predicted octanol–water partition coefficient (Wildman–Crippen LogP) is 3.36. The fourth-order valence-corrected chi connectivity index (χ4v) is 3.10. The molecule has 2 heterocycles. The number of imidazole rings is 1. The van der Waals surface area contributed by atoms with Crippen LogP contribution in [0.4, 0.5) is 10.2 Å². The summed E-state index contributed by atoms with van der Waals surface area (Å²) >= 11 is 0. The number of hydrogen-bond acceptors (Lipinski definition) is 3. The Morgan fingerprint density at radius 1 is 1.20 bits per heavy atom. The lowest BCUT2D eigenvalue weighted by Gasteiger charge is -2.23. The second-order valence-electron chi connectivity index (χ2n) is 5.84. The minimum Gasteiger partial charge on any atom is -0.310 e. The monoisotopic (exact) mass is 332 g/mol. The second-order valence-corrected chi connectivity index (χ2v) is 5.84. The third kappa shape index (κ3) is 2.56. The highest BCUT2D eigenvalue weighted by atomic mass is 19.1. The van der Waals surface area contributed by atoms with Crippen molar-refractivity contribution >= 4 is 11.7 Å². The van der Waals surface area contributed by atoms with Gasteiger partial charge in [0.15, 0.2) is 0 Å². The minimum absolute atomic E-state index is 0.153. The number of nitrogens with zero attached hydrogens (tertiary/aromatic N) is 3. The van der Waals surface area contributed by atoms with Crippen molar-refractivity contribution in [2.24, 2.45) is 0 Å². The zero-order chi connectivity index (χ0) is 17.4. The van der Waals surface area contributed by atoms with Crippen molar-refractivity contribution in [2.75, 3.05) is 5.32 Å². The number of nitriles is 1. The van der Waals surface area contributed by atoms with E-state index >= 15 is 0 Å². The summed E-state index contributed by atoms with van der Waals surface area (Å²) < 4.78 is 15.7. The molecule has 0 radical (unpaired) electrons. The summed E-state index contributed by atoms with van der Waals surface area (Å²) in [4.78, 5) is 16.6. The number of anilines is 1. The molecule has 1 N–H and O–H groups in total. The molecule has 1 unspecified atom stereocenters. The maximum atomic E-state index is 14.1. The zero-order valence-electron chi connectivity index (χ0n) is 13.1. The zero-order valence-corrected chi connectivity index (χ0v) is 13.1. The van der Waals surface area contributed by atoms with Gasteiger partial charge in [-0.2, -0.15) is 5.26 Å². The van der Waals surface area contributed by atoms with Gasteiger partial charge >= 0.3 is 0 Å². The summed E-state index contributed by atoms with van der Waals surface area (Å²) in [6.45, 7) is 0. The maximum Gasteiger partial charge on any atom is 0.226 e. The Hall–Kier alpha value is -3.46. The summed E-state index contributed by atoms with van der Waals surface area (Å²) in [5, 5.41) is 11.7. The van der Waals surface area contributed by atoms with Gasteiger partial charge in [-0.3, -0.25) is 9.36 Å². The van der Waals surface area contributed by atoms with Crippen molar-refractivity contribution in [3.63, 3.8) is 0 Å². The van der Waals surface area contributed by atoms with E-state index in [1.54, 1.807) is 34.9 Å². The van der Waals surface area contributed by atoms with Crippen LogP contribution in [-0.4, -0.2) is 15.5 Å². The Kier molecular flexibility index (Phi) is 3.55. The number of nitrogens with one attached hydrogen (secondary N) is 1. The first-order valence-corrected chi connectivity index (χ1v) is 7.79. The molecular formula is C19H13FN4O. The van der Waals surface area contributed by atoms with E-state index in [4.69, 9.17) is 5.26 Å². The smallest absolute Gasteiger partial charge is 0.226 e. The lowest BCUT2D eigenvalue weighted by Crippen LogP contribution is -2.25. The lowest BCUT2D eigenvalue weighted by molar-refractivity contribution is -0.116. The van der Waals surface area contributed by atoms with Gasteiger partial charge in [-0.25, -0.2) is 9.37 Å². The fraction of sp³-hybridized carbons (Fsp3) is 0.105. The molecule has 1 aliphatic heterocycles. The Morgan fingerprint density at radius 2 is 1.96 bits per heavy atom. The molecule has 0 fully saturated rings. The van der Waals surface area contributed by atoms with Crippen molar-refractivity contribution in [1.82, 2.24) is 9.55 Å². The normalized spacial score (nSPS) is 16.0. The number of para-hydroxylation sites is 1. The van der Waals surface area contributed by atoms with Crippen LogP contribution in [0.25, 0.3) is 5.69 Å². The minimum atomic E-state index is -0.391. The summed E-state index contributed by atoms with van der Waals surface area (Å²) in [5.74, 6) is -0.294. The molecule has 1 aromatic heterocycles. The molecule has 0 spiro atoms. The molecule has 3 aromatic rings. The van der Waals surface area contributed by atoms with Gasteiger partial charge in [0.25, 0.3) is 0 Å². The van der Waals surface area contributed by atoms with E-state index in [9.17, 15) is 9.18 Å². The molecular weight excluding hydrogens is 319 g/mol. The number of aromatic nitrogens is 2. The highest BCUT2D eigenvalue weighted by Crippen LogP contribution is 2.37. The fourth-order valence-electron chi connectivity index (χ4n) is 3.10. The van der Waals surface area contributed by atoms with Crippen LogP contribution in [0.15, 0.2) is 54.9 Å². The van der Waals surface area contributed by atoms with E-state index in [0.717, 1.165) is 5.56 Å². The van der Waals surface area contributed by atoms with E-state index in [1.807, 2.05) is 12.1 Å². The first kappa shape index (κ1) is 15.1. The Bertz CT molecular complexity index is 1000. The van der Waals surface area contributed by atoms with Gasteiger partial charge in [-0.1, -0.05) is 24.3 Å². The van der Waals surface area contributed by atoms with E-state index in [1.165, 1.54) is 12.4 Å². The molecule has 1 atom stereocenters. The van der Waals surface area contributed by atoms with E-state index in [-0.39, 0.29) is 18.2 Å². The van der Waals surface area contributed by atoms with Crippen LogP contribution in [0, 0.1) is 17.1 Å². The van der Waals surface area contributed by atoms with Crippen LogP contribution in [-0.2, 0) is 4.79 Å². The van der Waals surface area contributed by atoms with E-state index < -0.39 is 5.82 Å². The largest absolute Gasteiger partial charge is 0.310 e. The van der Waals surface area contributed by atoms with E-state index in [0.29, 0.717) is 22.8 Å². The first-order chi connectivity index (χ1) is 12.2. The number of hydrogen-bond donors (Lipinski definition) is 1. The molecule has 5 nitrogen and oxygen atoms in total. The topological polar surface area (TPSA) is 70.7 Å². The van der Waals surface area contributed by atoms with Gasteiger partial charge in [0, 0.05) is 12.3 Å². The number of halogens is 1. The third-order valence-electron chi connectivity index (χ3n) is 4.33. The molecule has 6 heteroatoms. The van der Waals surface area contributed by atoms with Crippen LogP contribution in [0.5, 0.6) is 0 Å². The van der Waals surface area contributed by atoms with Crippen molar-refractivity contribution in [1.29, 1.82) is 5.26 Å². The number of fused-ring (bicyclic) bond motifs is 1. The summed E-state index contributed by atoms with van der Waals surface area (Å²) in [6, 6.07) is 15.5. The van der Waals surface area contributed by atoms with Crippen molar-refractivity contribution in [2.45, 2.75) is 12.3 Å². The van der Waals surface area contributed by atoms with Crippen molar-refractivity contribution < 1.29 is 9.18 Å². The highest BCUT2D eigenvalue weighted by molar-refractivity contribution is 5.94. The summed E-state index contributed by atoms with van der Waals surface area (Å²) in [7, 11) is 0. The Balaban J connectivity index is 1.81. The number of carbonyl (C=O) groups excluding carboxylic acids is 1. The van der Waals surface area contributed by atoms with Crippen LogP contribution in [0.2, 0.25) is 0 Å². The van der Waals surface area contributed by atoms with Gasteiger partial charge in [0.05, 0.1) is 23.0 Å². The molecule has 1 aliphatic rings. The van der Waals surface area contributed by atoms with Crippen LogP contribution in [0.1, 0.15) is 29.2 Å². The molecule has 122 valence electrons. The van der Waals surface area contributed by atoms with Crippen LogP contribution >= 0.6 is 0 Å². The number of benzene rings is 2. The third-order valence-corrected chi connectivity index (χ3v) is 4.33. The van der Waals surface area contributed by atoms with Gasteiger partial charge < -0.3 is 5.32 Å². The predicted molar refractivity (Wildman–Crippen MR) is 89.8 cm³/mol. The van der Waals surface area contributed by atoms with E-state index in [2.05, 4.69) is 16.4 Å². The van der Waals surface area contributed by atoms with Gasteiger partial charge in [0.1, 0.15) is 18.0 Å². The molecule has 0 aliphatic carbocycles. The quantitative estimate of drug-likeness (QED) is 0.782. The molecule has 2 aromatic carbocycles.